The van der Waals surface area contributed by atoms with E-state index < -0.39 is 0 Å². The number of nitrogens with zero attached hydrogens (tertiary/aromatic N) is 3. The highest BCUT2D eigenvalue weighted by Crippen LogP contribution is 2.46. The normalized spacial score (nSPS) is 20.7. The third kappa shape index (κ3) is 7.73. The highest BCUT2D eigenvalue weighted by atomic mass is 15.1. The molecule has 0 bridgehead atoms. The maximum Gasteiger partial charge on any atom is 0.143 e. The largest absolute Gasteiger partial charge is 0.333 e. The zero-order valence-corrected chi connectivity index (χ0v) is 21.0. The molecule has 168 valence electrons. The van der Waals surface area contributed by atoms with Crippen LogP contribution in [0.25, 0.3) is 11.0 Å². The molecule has 3 rings (SSSR count). The topological polar surface area (TPSA) is 56.7 Å². The van der Waals surface area contributed by atoms with Crippen LogP contribution in [0, 0.1) is 17.8 Å². The van der Waals surface area contributed by atoms with E-state index in [0.29, 0.717) is 16.9 Å². The fourth-order valence-corrected chi connectivity index (χ4v) is 3.49. The van der Waals surface area contributed by atoms with Gasteiger partial charge in [-0.1, -0.05) is 74.7 Å². The Kier molecular flexibility index (Phi) is 12.4. The van der Waals surface area contributed by atoms with Crippen LogP contribution in [0.4, 0.5) is 0 Å². The molecule has 2 unspecified atom stereocenters. The van der Waals surface area contributed by atoms with Crippen molar-refractivity contribution in [3.8, 4) is 0 Å². The molecule has 2 heterocycles. The van der Waals surface area contributed by atoms with Gasteiger partial charge in [0.1, 0.15) is 12.0 Å². The van der Waals surface area contributed by atoms with Gasteiger partial charge in [-0.15, -0.1) is 0 Å². The van der Waals surface area contributed by atoms with Crippen molar-refractivity contribution in [2.24, 2.45) is 16.6 Å². The molecule has 4 nitrogen and oxygen atoms in total. The minimum absolute atomic E-state index is 0.517. The van der Waals surface area contributed by atoms with E-state index >= 15 is 0 Å². The molecule has 1 aliphatic rings. The zero-order chi connectivity index (χ0) is 22.7. The summed E-state index contributed by atoms with van der Waals surface area (Å²) < 4.78 is 2.37. The second kappa shape index (κ2) is 13.0. The van der Waals surface area contributed by atoms with E-state index in [1.807, 2.05) is 13.8 Å². The summed E-state index contributed by atoms with van der Waals surface area (Å²) in [6.07, 6.45) is 11.6. The second-order valence-electron chi connectivity index (χ2n) is 8.85. The van der Waals surface area contributed by atoms with E-state index in [4.69, 9.17) is 0 Å². The maximum atomic E-state index is 4.50. The molecule has 4 heteroatoms. The molecular formula is C25H48N4. The smallest absolute Gasteiger partial charge is 0.143 e. The van der Waals surface area contributed by atoms with Crippen molar-refractivity contribution in [3.05, 3.63) is 24.3 Å². The monoisotopic (exact) mass is 404 g/mol. The first-order valence-electron chi connectivity index (χ1n) is 11.6. The molecule has 0 aromatic carbocycles. The van der Waals surface area contributed by atoms with E-state index in [-0.39, 0.29) is 0 Å². The van der Waals surface area contributed by atoms with Gasteiger partial charge in [0.15, 0.2) is 0 Å². The molecule has 2 N–H and O–H groups in total. The molecule has 0 amide bonds. The Morgan fingerprint density at radius 3 is 2.17 bits per heavy atom. The molecule has 0 radical (unpaired) electrons. The van der Waals surface area contributed by atoms with Crippen LogP contribution in [-0.2, 0) is 0 Å². The SMILES string of the molecule is CC.CCC(C)(C)CC.CCC1(C)CCC(n2ccc3c(C)ncnc32)C1.CN. The molecule has 1 aliphatic carbocycles. The summed E-state index contributed by atoms with van der Waals surface area (Å²) in [6.45, 7) is 19.9. The standard InChI is InChI=1S/C15H21N3.C7H16.C2H6.CH5N/c1-4-15(3)7-5-12(9-15)18-8-6-13-11(2)16-10-17-14(13)18;1-5-7(3,4)6-2;2*1-2/h6,8,10,12H,4-5,7,9H2,1-3H3;5-6H2,1-4H3;1-2H3;2H2,1H3. The Labute approximate surface area is 180 Å². The highest BCUT2D eigenvalue weighted by molar-refractivity contribution is 5.78. The number of rotatable bonds is 4. The van der Waals surface area contributed by atoms with E-state index in [9.17, 15) is 0 Å². The second-order valence-corrected chi connectivity index (χ2v) is 8.85. The van der Waals surface area contributed by atoms with Crippen LogP contribution in [0.1, 0.15) is 106 Å². The third-order valence-corrected chi connectivity index (χ3v) is 6.68. The molecule has 0 spiro atoms. The van der Waals surface area contributed by atoms with Crippen molar-refractivity contribution in [3.63, 3.8) is 0 Å². The Morgan fingerprint density at radius 1 is 1.14 bits per heavy atom. The Balaban J connectivity index is 0.000000606. The van der Waals surface area contributed by atoms with E-state index in [0.717, 1.165) is 11.3 Å². The van der Waals surface area contributed by atoms with Crippen molar-refractivity contribution in [1.82, 2.24) is 14.5 Å². The van der Waals surface area contributed by atoms with Crippen molar-refractivity contribution in [2.75, 3.05) is 7.05 Å². The van der Waals surface area contributed by atoms with Gasteiger partial charge in [-0.3, -0.25) is 0 Å². The molecule has 1 fully saturated rings. The lowest BCUT2D eigenvalue weighted by Crippen LogP contribution is -2.11. The zero-order valence-electron chi connectivity index (χ0n) is 21.0. The van der Waals surface area contributed by atoms with Gasteiger partial charge < -0.3 is 10.3 Å². The third-order valence-electron chi connectivity index (χ3n) is 6.68. The first-order valence-corrected chi connectivity index (χ1v) is 11.6. The van der Waals surface area contributed by atoms with Crippen LogP contribution in [0.5, 0.6) is 0 Å². The molecule has 0 saturated heterocycles. The van der Waals surface area contributed by atoms with Gasteiger partial charge in [0.05, 0.1) is 5.69 Å². The lowest BCUT2D eigenvalue weighted by Gasteiger charge is -2.22. The van der Waals surface area contributed by atoms with Crippen LogP contribution in [0.2, 0.25) is 0 Å². The number of nitrogens with two attached hydrogens (primary N) is 1. The lowest BCUT2D eigenvalue weighted by molar-refractivity contribution is 0.308. The summed E-state index contributed by atoms with van der Waals surface area (Å²) in [5.74, 6) is 0. The van der Waals surface area contributed by atoms with Crippen molar-refractivity contribution in [1.29, 1.82) is 0 Å². The van der Waals surface area contributed by atoms with Crippen molar-refractivity contribution < 1.29 is 0 Å². The van der Waals surface area contributed by atoms with Gasteiger partial charge in [-0.05, 0) is 50.1 Å². The number of hydrogen-bond donors (Lipinski definition) is 1. The van der Waals surface area contributed by atoms with Crippen LogP contribution in [0.3, 0.4) is 0 Å². The maximum absolute atomic E-state index is 4.50. The van der Waals surface area contributed by atoms with Gasteiger partial charge in [-0.2, -0.15) is 0 Å². The van der Waals surface area contributed by atoms with Gasteiger partial charge in [0, 0.05) is 17.6 Å². The number of hydrogen-bond acceptors (Lipinski definition) is 3. The van der Waals surface area contributed by atoms with Crippen LogP contribution in [-0.4, -0.2) is 21.6 Å². The summed E-state index contributed by atoms with van der Waals surface area (Å²) in [6, 6.07) is 2.77. The number of aryl methyl sites for hydroxylation is 1. The summed E-state index contributed by atoms with van der Waals surface area (Å²) in [7, 11) is 1.50. The molecule has 2 aromatic rings. The Bertz CT molecular complexity index is 683. The number of aromatic nitrogens is 3. The van der Waals surface area contributed by atoms with Crippen LogP contribution in [0.15, 0.2) is 18.6 Å². The van der Waals surface area contributed by atoms with E-state index in [1.165, 1.54) is 51.0 Å². The van der Waals surface area contributed by atoms with Crippen LogP contribution >= 0.6 is 0 Å². The summed E-state index contributed by atoms with van der Waals surface area (Å²) in [5.41, 5.74) is 7.78. The first-order chi connectivity index (χ1) is 13.7. The molecule has 0 aliphatic heterocycles. The average molecular weight is 405 g/mol. The molecule has 1 saturated carbocycles. The van der Waals surface area contributed by atoms with Gasteiger partial charge in [0.25, 0.3) is 0 Å². The minimum atomic E-state index is 0.517. The van der Waals surface area contributed by atoms with Crippen molar-refractivity contribution in [2.45, 2.75) is 107 Å². The van der Waals surface area contributed by atoms with E-state index in [2.05, 4.69) is 81.0 Å². The van der Waals surface area contributed by atoms with Crippen LogP contribution < -0.4 is 5.73 Å². The van der Waals surface area contributed by atoms with Gasteiger partial charge in [-0.25, -0.2) is 9.97 Å². The molecular weight excluding hydrogens is 356 g/mol. The quantitative estimate of drug-likeness (QED) is 0.581. The molecule has 2 aromatic heterocycles. The van der Waals surface area contributed by atoms with Crippen molar-refractivity contribution >= 4 is 11.0 Å². The summed E-state index contributed by atoms with van der Waals surface area (Å²) >= 11 is 0. The Morgan fingerprint density at radius 2 is 1.72 bits per heavy atom. The molecule has 29 heavy (non-hydrogen) atoms. The average Bonchev–Trinajstić information content (AvgIpc) is 3.36. The summed E-state index contributed by atoms with van der Waals surface area (Å²) in [5, 5.41) is 1.20. The molecule has 2 atom stereocenters. The predicted octanol–water partition coefficient (Wildman–Crippen LogP) is 7.31. The first kappa shape index (κ1) is 27.6. The lowest BCUT2D eigenvalue weighted by atomic mass is 9.86. The predicted molar refractivity (Wildman–Crippen MR) is 129 cm³/mol. The fraction of sp³-hybridized carbons (Fsp3) is 0.760. The highest BCUT2D eigenvalue weighted by Gasteiger charge is 2.34. The summed E-state index contributed by atoms with van der Waals surface area (Å²) in [4.78, 5) is 8.74. The minimum Gasteiger partial charge on any atom is -0.333 e. The fourth-order valence-electron chi connectivity index (χ4n) is 3.49. The van der Waals surface area contributed by atoms with Gasteiger partial charge >= 0.3 is 0 Å². The number of fused-ring (bicyclic) bond motifs is 1. The van der Waals surface area contributed by atoms with Gasteiger partial charge in [0.2, 0.25) is 0 Å². The Hall–Kier alpha value is -1.42. The van der Waals surface area contributed by atoms with E-state index in [1.54, 1.807) is 6.33 Å².